The van der Waals surface area contributed by atoms with Crippen LogP contribution in [0.15, 0.2) is 24.4 Å². The second kappa shape index (κ2) is 4.79. The van der Waals surface area contributed by atoms with Crippen molar-refractivity contribution in [3.05, 3.63) is 41.2 Å². The molecular formula is C12H14N4O2. The second-order valence-electron chi connectivity index (χ2n) is 3.98. The van der Waals surface area contributed by atoms with Crippen LogP contribution in [0.2, 0.25) is 0 Å². The summed E-state index contributed by atoms with van der Waals surface area (Å²) in [5.41, 5.74) is 7.91. The SMILES string of the molecule is Cc1[nH]ncc1C(=O)NCc1cc(N)ccc1O. The molecule has 0 unspecified atom stereocenters. The molecule has 0 spiro atoms. The van der Waals surface area contributed by atoms with E-state index in [0.717, 1.165) is 0 Å². The van der Waals surface area contributed by atoms with Gasteiger partial charge >= 0.3 is 0 Å². The highest BCUT2D eigenvalue weighted by molar-refractivity contribution is 5.94. The predicted octanol–water partition coefficient (Wildman–Crippen LogP) is 0.936. The van der Waals surface area contributed by atoms with Crippen molar-refractivity contribution in [2.75, 3.05) is 5.73 Å². The number of carbonyl (C=O) groups is 1. The molecule has 6 nitrogen and oxygen atoms in total. The first-order chi connectivity index (χ1) is 8.58. The Morgan fingerprint density at radius 2 is 2.33 bits per heavy atom. The minimum Gasteiger partial charge on any atom is -0.508 e. The number of phenolic OH excluding ortho intramolecular Hbond substituents is 1. The van der Waals surface area contributed by atoms with Crippen molar-refractivity contribution in [1.29, 1.82) is 0 Å². The lowest BCUT2D eigenvalue weighted by atomic mass is 10.1. The number of hydrogen-bond donors (Lipinski definition) is 4. The average molecular weight is 246 g/mol. The summed E-state index contributed by atoms with van der Waals surface area (Å²) in [4.78, 5) is 11.8. The molecular weight excluding hydrogens is 232 g/mol. The number of anilines is 1. The Morgan fingerprint density at radius 1 is 1.56 bits per heavy atom. The molecule has 18 heavy (non-hydrogen) atoms. The first kappa shape index (κ1) is 12.0. The zero-order valence-corrected chi connectivity index (χ0v) is 9.90. The van der Waals surface area contributed by atoms with Crippen molar-refractivity contribution in [3.63, 3.8) is 0 Å². The Labute approximate surface area is 104 Å². The lowest BCUT2D eigenvalue weighted by molar-refractivity contribution is 0.0950. The lowest BCUT2D eigenvalue weighted by Crippen LogP contribution is -2.23. The normalized spacial score (nSPS) is 10.3. The fourth-order valence-electron chi connectivity index (χ4n) is 1.60. The van der Waals surface area contributed by atoms with E-state index >= 15 is 0 Å². The van der Waals surface area contributed by atoms with E-state index in [2.05, 4.69) is 15.5 Å². The number of nitrogens with two attached hydrogens (primary N) is 1. The first-order valence-corrected chi connectivity index (χ1v) is 5.43. The van der Waals surface area contributed by atoms with Crippen LogP contribution in [0.3, 0.4) is 0 Å². The minimum atomic E-state index is -0.247. The largest absolute Gasteiger partial charge is 0.508 e. The number of benzene rings is 1. The maximum atomic E-state index is 11.8. The molecule has 0 bridgehead atoms. The molecule has 5 N–H and O–H groups in total. The Morgan fingerprint density at radius 3 is 3.00 bits per heavy atom. The van der Waals surface area contributed by atoms with Gasteiger partial charge in [-0.05, 0) is 25.1 Å². The van der Waals surface area contributed by atoms with E-state index in [1.54, 1.807) is 19.1 Å². The van der Waals surface area contributed by atoms with Gasteiger partial charge in [0.25, 0.3) is 5.91 Å². The van der Waals surface area contributed by atoms with E-state index in [0.29, 0.717) is 22.5 Å². The highest BCUT2D eigenvalue weighted by Crippen LogP contribution is 2.19. The van der Waals surface area contributed by atoms with Crippen LogP contribution in [-0.2, 0) is 6.54 Å². The summed E-state index contributed by atoms with van der Waals surface area (Å²) in [5.74, 6) is -0.142. The number of aromatic amines is 1. The van der Waals surface area contributed by atoms with E-state index in [1.165, 1.54) is 12.3 Å². The quantitative estimate of drug-likeness (QED) is 0.477. The third kappa shape index (κ3) is 2.42. The molecule has 2 aromatic rings. The van der Waals surface area contributed by atoms with Gasteiger partial charge in [-0.3, -0.25) is 9.89 Å². The summed E-state index contributed by atoms with van der Waals surface area (Å²) in [7, 11) is 0. The van der Waals surface area contributed by atoms with Gasteiger partial charge in [-0.25, -0.2) is 0 Å². The number of nitrogen functional groups attached to an aromatic ring is 1. The molecule has 0 aliphatic rings. The Bertz CT molecular complexity index is 577. The van der Waals surface area contributed by atoms with E-state index in [4.69, 9.17) is 5.73 Å². The van der Waals surface area contributed by atoms with Crippen molar-refractivity contribution in [1.82, 2.24) is 15.5 Å². The number of rotatable bonds is 3. The number of hydrogen-bond acceptors (Lipinski definition) is 4. The lowest BCUT2D eigenvalue weighted by Gasteiger charge is -2.07. The van der Waals surface area contributed by atoms with E-state index < -0.39 is 0 Å². The number of nitrogens with one attached hydrogen (secondary N) is 2. The third-order valence-electron chi connectivity index (χ3n) is 2.62. The standard InChI is InChI=1S/C12H14N4O2/c1-7-10(6-15-16-7)12(18)14-5-8-4-9(13)2-3-11(8)17/h2-4,6,17H,5,13H2,1H3,(H,14,18)(H,15,16). The highest BCUT2D eigenvalue weighted by atomic mass is 16.3. The average Bonchev–Trinajstić information content (AvgIpc) is 2.76. The van der Waals surface area contributed by atoms with Crippen LogP contribution in [0.5, 0.6) is 5.75 Å². The molecule has 6 heteroatoms. The maximum Gasteiger partial charge on any atom is 0.255 e. The predicted molar refractivity (Wildman–Crippen MR) is 67.0 cm³/mol. The van der Waals surface area contributed by atoms with Crippen LogP contribution in [0.4, 0.5) is 5.69 Å². The maximum absolute atomic E-state index is 11.8. The number of carbonyl (C=O) groups excluding carboxylic acids is 1. The summed E-state index contributed by atoms with van der Waals surface area (Å²) in [6, 6.07) is 4.72. The van der Waals surface area contributed by atoms with Gasteiger partial charge in [-0.1, -0.05) is 0 Å². The number of aromatic nitrogens is 2. The van der Waals surface area contributed by atoms with Crippen LogP contribution >= 0.6 is 0 Å². The van der Waals surface area contributed by atoms with E-state index in [9.17, 15) is 9.90 Å². The van der Waals surface area contributed by atoms with Gasteiger partial charge in [-0.2, -0.15) is 5.10 Å². The summed E-state index contributed by atoms with van der Waals surface area (Å²) in [6.07, 6.45) is 1.46. The number of aryl methyl sites for hydroxylation is 1. The molecule has 0 fully saturated rings. The van der Waals surface area contributed by atoms with Crippen LogP contribution in [0.25, 0.3) is 0 Å². The van der Waals surface area contributed by atoms with Crippen molar-refractivity contribution in [3.8, 4) is 5.75 Å². The fraction of sp³-hybridized carbons (Fsp3) is 0.167. The van der Waals surface area contributed by atoms with Crippen LogP contribution in [0, 0.1) is 6.92 Å². The van der Waals surface area contributed by atoms with Crippen molar-refractivity contribution < 1.29 is 9.90 Å². The molecule has 1 amide bonds. The zero-order chi connectivity index (χ0) is 13.1. The van der Waals surface area contributed by atoms with E-state index in [1.807, 2.05) is 0 Å². The van der Waals surface area contributed by atoms with Crippen molar-refractivity contribution >= 4 is 11.6 Å². The van der Waals surface area contributed by atoms with Crippen molar-refractivity contribution in [2.24, 2.45) is 0 Å². The topological polar surface area (TPSA) is 104 Å². The van der Waals surface area contributed by atoms with Crippen LogP contribution in [-0.4, -0.2) is 21.2 Å². The molecule has 2 rings (SSSR count). The molecule has 1 aromatic carbocycles. The molecule has 0 aliphatic carbocycles. The third-order valence-corrected chi connectivity index (χ3v) is 2.62. The van der Waals surface area contributed by atoms with Gasteiger partial charge in [0, 0.05) is 23.5 Å². The van der Waals surface area contributed by atoms with Gasteiger partial charge in [0.2, 0.25) is 0 Å². The number of aromatic hydroxyl groups is 1. The Hall–Kier alpha value is -2.50. The zero-order valence-electron chi connectivity index (χ0n) is 9.90. The number of phenols is 1. The molecule has 1 aromatic heterocycles. The first-order valence-electron chi connectivity index (χ1n) is 5.43. The van der Waals surface area contributed by atoms with Gasteiger partial charge < -0.3 is 16.2 Å². The smallest absolute Gasteiger partial charge is 0.255 e. The molecule has 0 atom stereocenters. The minimum absolute atomic E-state index is 0.105. The summed E-state index contributed by atoms with van der Waals surface area (Å²) >= 11 is 0. The number of H-pyrrole nitrogens is 1. The molecule has 94 valence electrons. The Balaban J connectivity index is 2.06. The van der Waals surface area contributed by atoms with Gasteiger partial charge in [0.1, 0.15) is 5.75 Å². The number of nitrogens with zero attached hydrogens (tertiary/aromatic N) is 1. The molecule has 0 aliphatic heterocycles. The Kier molecular flexibility index (Phi) is 3.18. The van der Waals surface area contributed by atoms with Crippen LogP contribution in [0.1, 0.15) is 21.6 Å². The van der Waals surface area contributed by atoms with Crippen LogP contribution < -0.4 is 11.1 Å². The molecule has 1 heterocycles. The summed E-state index contributed by atoms with van der Waals surface area (Å²) in [6.45, 7) is 1.97. The summed E-state index contributed by atoms with van der Waals surface area (Å²) in [5, 5.41) is 18.8. The van der Waals surface area contributed by atoms with Gasteiger partial charge in [0.15, 0.2) is 0 Å². The van der Waals surface area contributed by atoms with Gasteiger partial charge in [-0.15, -0.1) is 0 Å². The summed E-state index contributed by atoms with van der Waals surface area (Å²) < 4.78 is 0. The second-order valence-corrected chi connectivity index (χ2v) is 3.98. The molecule has 0 radical (unpaired) electrons. The number of amides is 1. The molecule has 0 saturated carbocycles. The monoisotopic (exact) mass is 246 g/mol. The van der Waals surface area contributed by atoms with Crippen molar-refractivity contribution in [2.45, 2.75) is 13.5 Å². The van der Waals surface area contributed by atoms with E-state index in [-0.39, 0.29) is 18.2 Å². The van der Waals surface area contributed by atoms with Gasteiger partial charge in [0.05, 0.1) is 11.8 Å². The molecule has 0 saturated heterocycles. The highest BCUT2D eigenvalue weighted by Gasteiger charge is 2.11. The fourth-order valence-corrected chi connectivity index (χ4v) is 1.60.